The summed E-state index contributed by atoms with van der Waals surface area (Å²) in [4.78, 5) is 33.2. The fraction of sp³-hybridized carbons (Fsp3) is 0.231. The summed E-state index contributed by atoms with van der Waals surface area (Å²) < 4.78 is 14.3. The van der Waals surface area contributed by atoms with Gasteiger partial charge in [0.2, 0.25) is 0 Å². The summed E-state index contributed by atoms with van der Waals surface area (Å²) in [5.41, 5.74) is 2.94. The van der Waals surface area contributed by atoms with Gasteiger partial charge in [-0.25, -0.2) is 9.97 Å². The van der Waals surface area contributed by atoms with Gasteiger partial charge in [0.05, 0.1) is 44.7 Å². The number of esters is 2. The van der Waals surface area contributed by atoms with Crippen LogP contribution in [0.4, 0.5) is 0 Å². The highest BCUT2D eigenvalue weighted by molar-refractivity contribution is 5.73. The summed E-state index contributed by atoms with van der Waals surface area (Å²) in [6.45, 7) is 2.02. The maximum Gasteiger partial charge on any atom is 0.313 e. The topological polar surface area (TPSA) is 88.2 Å². The van der Waals surface area contributed by atoms with Crippen molar-refractivity contribution in [3.63, 3.8) is 0 Å². The van der Waals surface area contributed by atoms with Gasteiger partial charge in [0.15, 0.2) is 0 Å². The molecule has 2 unspecified atom stereocenters. The summed E-state index contributed by atoms with van der Waals surface area (Å²) in [5, 5.41) is 0. The zero-order valence-corrected chi connectivity index (χ0v) is 19.1. The molecule has 2 heterocycles. The van der Waals surface area contributed by atoms with Crippen LogP contribution in [-0.4, -0.2) is 38.2 Å². The second-order valence-corrected chi connectivity index (χ2v) is 7.99. The zero-order valence-electron chi connectivity index (χ0n) is 19.1. The average molecular weight is 459 g/mol. The molecule has 34 heavy (non-hydrogen) atoms. The lowest BCUT2D eigenvalue weighted by Crippen LogP contribution is -2.18. The Morgan fingerprint density at radius 1 is 0.853 bits per heavy atom. The normalized spacial score (nSPS) is 12.6. The van der Waals surface area contributed by atoms with Crippen LogP contribution in [0.15, 0.2) is 86.0 Å². The standard InChI is InChI=1S/C26H26N4O4/c1-19-6-8-20(9-7-19)23(29-12-10-27-17-29)16-26(32)34-22-5-3-4-21(14-22)24(15-25(31)33-2)30-13-11-28-18-30/h3-14,17-18,23-24H,15-16H2,1-2H3. The van der Waals surface area contributed by atoms with E-state index in [4.69, 9.17) is 9.47 Å². The number of hydrogen-bond donors (Lipinski definition) is 0. The average Bonchev–Trinajstić information content (AvgIpc) is 3.56. The SMILES string of the molecule is COC(=O)CC(c1cccc(OC(=O)CC(c2ccc(C)cc2)n2ccnc2)c1)n1ccnc1. The molecule has 4 rings (SSSR count). The first kappa shape index (κ1) is 23.0. The summed E-state index contributed by atoms with van der Waals surface area (Å²) in [5.74, 6) is -0.309. The number of imidazole rings is 2. The second-order valence-electron chi connectivity index (χ2n) is 7.99. The van der Waals surface area contributed by atoms with Crippen LogP contribution in [0.3, 0.4) is 0 Å². The number of aryl methyl sites for hydroxylation is 1. The fourth-order valence-corrected chi connectivity index (χ4v) is 3.84. The van der Waals surface area contributed by atoms with E-state index >= 15 is 0 Å². The van der Waals surface area contributed by atoms with Crippen molar-refractivity contribution < 1.29 is 19.1 Å². The lowest BCUT2D eigenvalue weighted by Gasteiger charge is -2.20. The largest absolute Gasteiger partial charge is 0.469 e. The Bertz CT molecular complexity index is 1220. The Kier molecular flexibility index (Phi) is 7.17. The molecule has 0 fully saturated rings. The molecule has 0 spiro atoms. The van der Waals surface area contributed by atoms with Gasteiger partial charge in [-0.1, -0.05) is 42.0 Å². The molecular weight excluding hydrogens is 432 g/mol. The molecule has 0 aliphatic carbocycles. The van der Waals surface area contributed by atoms with Crippen LogP contribution in [0.2, 0.25) is 0 Å². The van der Waals surface area contributed by atoms with E-state index in [1.165, 1.54) is 7.11 Å². The van der Waals surface area contributed by atoms with E-state index < -0.39 is 0 Å². The Morgan fingerprint density at radius 3 is 2.06 bits per heavy atom. The molecule has 8 heteroatoms. The number of benzene rings is 2. The van der Waals surface area contributed by atoms with Crippen molar-refractivity contribution in [2.75, 3.05) is 7.11 Å². The molecule has 0 aliphatic rings. The molecule has 8 nitrogen and oxygen atoms in total. The highest BCUT2D eigenvalue weighted by Crippen LogP contribution is 2.27. The molecule has 0 N–H and O–H groups in total. The molecule has 0 saturated carbocycles. The first-order valence-corrected chi connectivity index (χ1v) is 10.9. The maximum atomic E-state index is 12.9. The van der Waals surface area contributed by atoms with Crippen molar-refractivity contribution in [3.05, 3.63) is 103 Å². The second kappa shape index (κ2) is 10.6. The number of aromatic nitrogens is 4. The fourth-order valence-electron chi connectivity index (χ4n) is 3.84. The zero-order chi connectivity index (χ0) is 23.9. The minimum Gasteiger partial charge on any atom is -0.469 e. The van der Waals surface area contributed by atoms with Crippen LogP contribution < -0.4 is 4.74 Å². The van der Waals surface area contributed by atoms with Crippen LogP contribution in [0.25, 0.3) is 0 Å². The minimum atomic E-state index is -0.372. The summed E-state index contributed by atoms with van der Waals surface area (Å²) in [6, 6.07) is 14.7. The highest BCUT2D eigenvalue weighted by atomic mass is 16.5. The van der Waals surface area contributed by atoms with Gasteiger partial charge in [-0.05, 0) is 30.2 Å². The lowest BCUT2D eigenvalue weighted by atomic mass is 10.0. The van der Waals surface area contributed by atoms with Crippen molar-refractivity contribution >= 4 is 11.9 Å². The third-order valence-electron chi connectivity index (χ3n) is 5.65. The number of methoxy groups -OCH3 is 1. The predicted molar refractivity (Wildman–Crippen MR) is 125 cm³/mol. The number of ether oxygens (including phenoxy) is 2. The van der Waals surface area contributed by atoms with Crippen molar-refractivity contribution in [2.24, 2.45) is 0 Å². The van der Waals surface area contributed by atoms with Gasteiger partial charge in [-0.3, -0.25) is 9.59 Å². The van der Waals surface area contributed by atoms with E-state index in [0.717, 1.165) is 16.7 Å². The van der Waals surface area contributed by atoms with Crippen molar-refractivity contribution in [2.45, 2.75) is 31.8 Å². The quantitative estimate of drug-likeness (QED) is 0.277. The monoisotopic (exact) mass is 458 g/mol. The molecule has 0 radical (unpaired) electrons. The predicted octanol–water partition coefficient (Wildman–Crippen LogP) is 4.13. The van der Waals surface area contributed by atoms with Gasteiger partial charge in [0, 0.05) is 24.8 Å². The lowest BCUT2D eigenvalue weighted by molar-refractivity contribution is -0.141. The van der Waals surface area contributed by atoms with Crippen LogP contribution in [0.1, 0.15) is 41.6 Å². The third-order valence-corrected chi connectivity index (χ3v) is 5.65. The molecule has 0 saturated heterocycles. The smallest absolute Gasteiger partial charge is 0.313 e. The summed E-state index contributed by atoms with van der Waals surface area (Å²) in [6.07, 6.45) is 10.6. The minimum absolute atomic E-state index is 0.125. The highest BCUT2D eigenvalue weighted by Gasteiger charge is 2.21. The number of rotatable bonds is 9. The molecule has 0 bridgehead atoms. The van der Waals surface area contributed by atoms with E-state index in [0.29, 0.717) is 5.75 Å². The van der Waals surface area contributed by atoms with Gasteiger partial charge in [0.1, 0.15) is 5.75 Å². The first-order chi connectivity index (χ1) is 16.5. The van der Waals surface area contributed by atoms with E-state index in [1.807, 2.05) is 52.6 Å². The molecule has 4 aromatic rings. The molecule has 0 amide bonds. The van der Waals surface area contributed by atoms with E-state index in [9.17, 15) is 9.59 Å². The van der Waals surface area contributed by atoms with Crippen LogP contribution >= 0.6 is 0 Å². The Balaban J connectivity index is 1.53. The number of carbonyl (C=O) groups excluding carboxylic acids is 2. The summed E-state index contributed by atoms with van der Waals surface area (Å²) in [7, 11) is 1.36. The summed E-state index contributed by atoms with van der Waals surface area (Å²) >= 11 is 0. The van der Waals surface area contributed by atoms with E-state index in [1.54, 1.807) is 49.4 Å². The number of hydrogen-bond acceptors (Lipinski definition) is 6. The van der Waals surface area contributed by atoms with Crippen LogP contribution in [-0.2, 0) is 14.3 Å². The van der Waals surface area contributed by atoms with Gasteiger partial charge < -0.3 is 18.6 Å². The Morgan fingerprint density at radius 2 is 1.47 bits per heavy atom. The Labute approximate surface area is 197 Å². The number of nitrogens with zero attached hydrogens (tertiary/aromatic N) is 4. The van der Waals surface area contributed by atoms with E-state index in [2.05, 4.69) is 9.97 Å². The van der Waals surface area contributed by atoms with Crippen LogP contribution in [0, 0.1) is 6.92 Å². The van der Waals surface area contributed by atoms with Gasteiger partial charge in [0.25, 0.3) is 0 Å². The molecule has 2 aromatic heterocycles. The van der Waals surface area contributed by atoms with Gasteiger partial charge in [-0.15, -0.1) is 0 Å². The molecule has 2 aromatic carbocycles. The molecular formula is C26H26N4O4. The van der Waals surface area contributed by atoms with Crippen molar-refractivity contribution in [1.29, 1.82) is 0 Å². The van der Waals surface area contributed by atoms with Gasteiger partial charge >= 0.3 is 11.9 Å². The van der Waals surface area contributed by atoms with Gasteiger partial charge in [-0.2, -0.15) is 0 Å². The van der Waals surface area contributed by atoms with Crippen LogP contribution in [0.5, 0.6) is 5.75 Å². The molecule has 2 atom stereocenters. The van der Waals surface area contributed by atoms with Crippen molar-refractivity contribution in [1.82, 2.24) is 19.1 Å². The third kappa shape index (κ3) is 5.58. The maximum absolute atomic E-state index is 12.9. The molecule has 174 valence electrons. The number of carbonyl (C=O) groups is 2. The van der Waals surface area contributed by atoms with Crippen molar-refractivity contribution in [3.8, 4) is 5.75 Å². The van der Waals surface area contributed by atoms with E-state index in [-0.39, 0.29) is 36.9 Å². The molecule has 0 aliphatic heterocycles. The first-order valence-electron chi connectivity index (χ1n) is 10.9. The Hall–Kier alpha value is -4.20.